The van der Waals surface area contributed by atoms with Gasteiger partial charge < -0.3 is 0 Å². The van der Waals surface area contributed by atoms with E-state index in [9.17, 15) is 4.79 Å². The maximum absolute atomic E-state index is 11.8. The normalized spacial score (nSPS) is 18.7. The van der Waals surface area contributed by atoms with Crippen molar-refractivity contribution in [2.45, 2.75) is 31.1 Å². The first-order valence-corrected chi connectivity index (χ1v) is 8.16. The predicted molar refractivity (Wildman–Crippen MR) is 91.1 cm³/mol. The summed E-state index contributed by atoms with van der Waals surface area (Å²) in [6.07, 6.45) is 7.42. The number of rotatable bonds is 0. The molecule has 1 nitrogen and oxygen atoms in total. The molecule has 110 valence electrons. The summed E-state index contributed by atoms with van der Waals surface area (Å²) in [6, 6.07) is 14.7. The van der Waals surface area contributed by atoms with Crippen LogP contribution in [0.1, 0.15) is 47.9 Å². The minimum atomic E-state index is -0.0891. The minimum absolute atomic E-state index is 0.0891. The molecule has 1 spiro atoms. The van der Waals surface area contributed by atoms with E-state index >= 15 is 0 Å². The molecule has 2 aliphatic rings. The Bertz CT molecular complexity index is 778. The van der Waals surface area contributed by atoms with Gasteiger partial charge in [-0.1, -0.05) is 54.1 Å². The molecule has 2 heteroatoms. The van der Waals surface area contributed by atoms with Crippen LogP contribution < -0.4 is 0 Å². The SMILES string of the molecule is O=C1CCC2(CC1)c1ccccc1C=Cc1ccc(Cl)cc12. The molecule has 4 rings (SSSR count). The van der Waals surface area contributed by atoms with Crippen LogP contribution in [0, 0.1) is 0 Å². The lowest BCUT2D eigenvalue weighted by Gasteiger charge is -2.39. The van der Waals surface area contributed by atoms with Gasteiger partial charge in [0.15, 0.2) is 0 Å². The average Bonchev–Trinajstić information content (AvgIpc) is 2.67. The average molecular weight is 309 g/mol. The van der Waals surface area contributed by atoms with Gasteiger partial charge in [-0.2, -0.15) is 0 Å². The Morgan fingerprint density at radius 3 is 2.32 bits per heavy atom. The maximum Gasteiger partial charge on any atom is 0.133 e. The lowest BCUT2D eigenvalue weighted by molar-refractivity contribution is -0.121. The molecule has 0 bridgehead atoms. The first kappa shape index (κ1) is 13.8. The van der Waals surface area contributed by atoms with Crippen molar-refractivity contribution in [3.05, 3.63) is 69.7 Å². The predicted octanol–water partition coefficient (Wildman–Crippen LogP) is 5.25. The molecule has 0 atom stereocenters. The Kier molecular flexibility index (Phi) is 3.19. The summed E-state index contributed by atoms with van der Waals surface area (Å²) < 4.78 is 0. The summed E-state index contributed by atoms with van der Waals surface area (Å²) in [5.41, 5.74) is 4.99. The Labute approximate surface area is 135 Å². The summed E-state index contributed by atoms with van der Waals surface area (Å²) in [5.74, 6) is 0.379. The van der Waals surface area contributed by atoms with Gasteiger partial charge in [0.2, 0.25) is 0 Å². The highest BCUT2D eigenvalue weighted by Gasteiger charge is 2.41. The van der Waals surface area contributed by atoms with Gasteiger partial charge in [-0.25, -0.2) is 0 Å². The van der Waals surface area contributed by atoms with E-state index in [-0.39, 0.29) is 5.41 Å². The van der Waals surface area contributed by atoms with Crippen molar-refractivity contribution < 1.29 is 4.79 Å². The fraction of sp³-hybridized carbons (Fsp3) is 0.250. The molecule has 2 aromatic rings. The highest BCUT2D eigenvalue weighted by atomic mass is 35.5. The second kappa shape index (κ2) is 5.10. The van der Waals surface area contributed by atoms with Crippen LogP contribution in [0.4, 0.5) is 0 Å². The monoisotopic (exact) mass is 308 g/mol. The van der Waals surface area contributed by atoms with Crippen molar-refractivity contribution in [1.29, 1.82) is 0 Å². The number of carbonyl (C=O) groups excluding carboxylic acids is 1. The van der Waals surface area contributed by atoms with Crippen LogP contribution in [0.2, 0.25) is 5.02 Å². The smallest absolute Gasteiger partial charge is 0.133 e. The summed E-state index contributed by atoms with van der Waals surface area (Å²) in [4.78, 5) is 11.8. The van der Waals surface area contributed by atoms with Crippen LogP contribution in [-0.4, -0.2) is 5.78 Å². The van der Waals surface area contributed by atoms with Crippen LogP contribution in [-0.2, 0) is 10.2 Å². The number of Topliss-reactive ketones (excluding diaryl/α,β-unsaturated/α-hetero) is 1. The number of hydrogen-bond acceptors (Lipinski definition) is 1. The molecular weight excluding hydrogens is 292 g/mol. The topological polar surface area (TPSA) is 17.1 Å². The maximum atomic E-state index is 11.8. The molecule has 0 aliphatic heterocycles. The zero-order chi connectivity index (χ0) is 15.2. The molecule has 0 radical (unpaired) electrons. The lowest BCUT2D eigenvalue weighted by atomic mass is 9.63. The van der Waals surface area contributed by atoms with Gasteiger partial charge in [-0.3, -0.25) is 4.79 Å². The van der Waals surface area contributed by atoms with Crippen molar-refractivity contribution in [3.8, 4) is 0 Å². The second-order valence-electron chi connectivity index (χ2n) is 6.27. The van der Waals surface area contributed by atoms with Crippen LogP contribution in [0.3, 0.4) is 0 Å². The molecule has 0 amide bonds. The van der Waals surface area contributed by atoms with Gasteiger partial charge in [0.25, 0.3) is 0 Å². The molecule has 0 heterocycles. The molecule has 1 saturated carbocycles. The zero-order valence-corrected chi connectivity index (χ0v) is 13.1. The van der Waals surface area contributed by atoms with Crippen molar-refractivity contribution >= 4 is 29.5 Å². The Hall–Kier alpha value is -1.86. The highest BCUT2D eigenvalue weighted by molar-refractivity contribution is 6.30. The molecule has 2 aliphatic carbocycles. The van der Waals surface area contributed by atoms with Gasteiger partial charge in [0.1, 0.15) is 5.78 Å². The molecule has 0 saturated heterocycles. The van der Waals surface area contributed by atoms with E-state index in [0.717, 1.165) is 17.9 Å². The third-order valence-electron chi connectivity index (χ3n) is 5.11. The Morgan fingerprint density at radius 2 is 1.55 bits per heavy atom. The molecule has 1 fully saturated rings. The molecule has 0 N–H and O–H groups in total. The second-order valence-corrected chi connectivity index (χ2v) is 6.71. The van der Waals surface area contributed by atoms with Crippen LogP contribution in [0.15, 0.2) is 42.5 Å². The number of benzene rings is 2. The molecule has 0 aromatic heterocycles. The molecular formula is C20H17ClO. The van der Waals surface area contributed by atoms with Crippen molar-refractivity contribution in [2.75, 3.05) is 0 Å². The number of halogens is 1. The number of ketones is 1. The molecule has 0 unspecified atom stereocenters. The summed E-state index contributed by atoms with van der Waals surface area (Å²) in [7, 11) is 0. The van der Waals surface area contributed by atoms with E-state index in [0.29, 0.717) is 18.6 Å². The third-order valence-corrected chi connectivity index (χ3v) is 5.35. The van der Waals surface area contributed by atoms with E-state index in [1.165, 1.54) is 22.3 Å². The van der Waals surface area contributed by atoms with Crippen LogP contribution in [0.25, 0.3) is 12.2 Å². The largest absolute Gasteiger partial charge is 0.300 e. The lowest BCUT2D eigenvalue weighted by Crippen LogP contribution is -2.34. The summed E-state index contributed by atoms with van der Waals surface area (Å²) in [5, 5.41) is 0.766. The summed E-state index contributed by atoms with van der Waals surface area (Å²) >= 11 is 6.30. The number of hydrogen-bond donors (Lipinski definition) is 0. The van der Waals surface area contributed by atoms with E-state index in [1.54, 1.807) is 0 Å². The van der Waals surface area contributed by atoms with Crippen molar-refractivity contribution in [3.63, 3.8) is 0 Å². The fourth-order valence-corrected chi connectivity index (χ4v) is 4.16. The fourth-order valence-electron chi connectivity index (χ4n) is 3.99. The van der Waals surface area contributed by atoms with Gasteiger partial charge in [-0.05, 0) is 47.2 Å². The molecule has 22 heavy (non-hydrogen) atoms. The first-order valence-electron chi connectivity index (χ1n) is 7.78. The minimum Gasteiger partial charge on any atom is -0.300 e. The van der Waals surface area contributed by atoms with Gasteiger partial charge in [-0.15, -0.1) is 0 Å². The number of fused-ring (bicyclic) bond motifs is 4. The quantitative estimate of drug-likeness (QED) is 0.649. The van der Waals surface area contributed by atoms with Gasteiger partial charge in [0, 0.05) is 23.3 Å². The Morgan fingerprint density at radius 1 is 0.864 bits per heavy atom. The number of carbonyl (C=O) groups is 1. The van der Waals surface area contributed by atoms with Crippen LogP contribution >= 0.6 is 11.6 Å². The van der Waals surface area contributed by atoms with E-state index in [1.807, 2.05) is 6.07 Å². The summed E-state index contributed by atoms with van der Waals surface area (Å²) in [6.45, 7) is 0. The van der Waals surface area contributed by atoms with Crippen molar-refractivity contribution in [2.24, 2.45) is 0 Å². The first-order chi connectivity index (χ1) is 10.7. The highest BCUT2D eigenvalue weighted by Crippen LogP contribution is 2.48. The van der Waals surface area contributed by atoms with E-state index in [2.05, 4.69) is 48.6 Å². The van der Waals surface area contributed by atoms with E-state index in [4.69, 9.17) is 11.6 Å². The molecule has 2 aromatic carbocycles. The Balaban J connectivity index is 2.01. The zero-order valence-electron chi connectivity index (χ0n) is 12.3. The van der Waals surface area contributed by atoms with Gasteiger partial charge in [0.05, 0.1) is 0 Å². The van der Waals surface area contributed by atoms with E-state index < -0.39 is 0 Å². The van der Waals surface area contributed by atoms with Gasteiger partial charge >= 0.3 is 0 Å². The standard InChI is InChI=1S/C20H17ClO/c21-16-8-7-15-6-5-14-3-1-2-4-18(14)20(19(15)13-16)11-9-17(22)10-12-20/h1-8,13H,9-12H2. The van der Waals surface area contributed by atoms with Crippen LogP contribution in [0.5, 0.6) is 0 Å². The van der Waals surface area contributed by atoms with Crippen molar-refractivity contribution in [1.82, 2.24) is 0 Å². The third kappa shape index (κ3) is 2.04.